The fraction of sp³-hybridized carbons (Fsp3) is 0.0800. The molecule has 0 saturated carbocycles. The highest BCUT2D eigenvalue weighted by Gasteiger charge is 2.37. The van der Waals surface area contributed by atoms with Crippen molar-refractivity contribution < 1.29 is 23.9 Å². The predicted octanol–water partition coefficient (Wildman–Crippen LogP) is 5.36. The first-order chi connectivity index (χ1) is 16.4. The second-order valence-electron chi connectivity index (χ2n) is 7.22. The van der Waals surface area contributed by atoms with Gasteiger partial charge < -0.3 is 9.47 Å². The number of urea groups is 1. The molecule has 0 atom stereocenters. The number of nitrogens with one attached hydrogen (secondary N) is 1. The van der Waals surface area contributed by atoms with Crippen molar-refractivity contribution in [1.29, 1.82) is 0 Å². The molecule has 1 fully saturated rings. The fourth-order valence-electron chi connectivity index (χ4n) is 3.29. The number of carbonyl (C=O) groups is 3. The van der Waals surface area contributed by atoms with E-state index >= 15 is 0 Å². The number of imide groups is 2. The SMILES string of the molecule is COc1ccc(/C=C2\C(=O)NC(=O)N(c3ccc(Cl)cc3)C2=O)c(OCc2ccccc2Br)c1. The van der Waals surface area contributed by atoms with Gasteiger partial charge in [-0.25, -0.2) is 9.69 Å². The number of hydrogen-bond donors (Lipinski definition) is 1. The molecule has 1 heterocycles. The fourth-order valence-corrected chi connectivity index (χ4v) is 3.82. The Balaban J connectivity index is 1.69. The number of hydrogen-bond acceptors (Lipinski definition) is 5. The Morgan fingerprint density at radius 1 is 1.03 bits per heavy atom. The number of benzene rings is 3. The number of methoxy groups -OCH3 is 1. The lowest BCUT2D eigenvalue weighted by Crippen LogP contribution is -2.54. The van der Waals surface area contributed by atoms with Crippen LogP contribution in [0, 0.1) is 0 Å². The molecule has 0 radical (unpaired) electrons. The third-order valence-electron chi connectivity index (χ3n) is 5.05. The second kappa shape index (κ2) is 10.1. The highest BCUT2D eigenvalue weighted by Crippen LogP contribution is 2.30. The van der Waals surface area contributed by atoms with Gasteiger partial charge >= 0.3 is 6.03 Å². The van der Waals surface area contributed by atoms with Crippen LogP contribution in [0.2, 0.25) is 5.02 Å². The highest BCUT2D eigenvalue weighted by molar-refractivity contribution is 9.10. The van der Waals surface area contributed by atoms with Crippen LogP contribution in [0.5, 0.6) is 11.5 Å². The van der Waals surface area contributed by atoms with Gasteiger partial charge in [0.2, 0.25) is 0 Å². The zero-order chi connectivity index (χ0) is 24.2. The van der Waals surface area contributed by atoms with Crippen LogP contribution in [-0.2, 0) is 16.2 Å². The molecule has 3 aromatic rings. The highest BCUT2D eigenvalue weighted by atomic mass is 79.9. The van der Waals surface area contributed by atoms with Crippen LogP contribution >= 0.6 is 27.5 Å². The molecule has 1 aliphatic rings. The lowest BCUT2D eigenvalue weighted by Gasteiger charge is -2.26. The van der Waals surface area contributed by atoms with Crippen LogP contribution < -0.4 is 19.7 Å². The van der Waals surface area contributed by atoms with Crippen molar-refractivity contribution in [2.45, 2.75) is 6.61 Å². The van der Waals surface area contributed by atoms with E-state index in [1.807, 2.05) is 24.3 Å². The summed E-state index contributed by atoms with van der Waals surface area (Å²) in [6.07, 6.45) is 1.39. The Labute approximate surface area is 209 Å². The quantitative estimate of drug-likeness (QED) is 0.336. The van der Waals surface area contributed by atoms with Gasteiger partial charge in [-0.3, -0.25) is 14.9 Å². The molecule has 0 bridgehead atoms. The predicted molar refractivity (Wildman–Crippen MR) is 132 cm³/mol. The van der Waals surface area contributed by atoms with Crippen molar-refractivity contribution in [3.05, 3.63) is 92.9 Å². The Hall–Kier alpha value is -3.62. The molecule has 4 rings (SSSR count). The molecule has 0 spiro atoms. The average Bonchev–Trinajstić information content (AvgIpc) is 2.82. The normalized spacial score (nSPS) is 14.9. The molecule has 3 aromatic carbocycles. The minimum absolute atomic E-state index is 0.217. The van der Waals surface area contributed by atoms with E-state index in [9.17, 15) is 14.4 Å². The molecule has 1 saturated heterocycles. The summed E-state index contributed by atoms with van der Waals surface area (Å²) in [5.41, 5.74) is 1.45. The van der Waals surface area contributed by atoms with Crippen molar-refractivity contribution in [2.75, 3.05) is 12.0 Å². The van der Waals surface area contributed by atoms with E-state index < -0.39 is 17.8 Å². The smallest absolute Gasteiger partial charge is 0.335 e. The standard InChI is InChI=1S/C25H18BrClN2O5/c1-33-19-11-6-15(22(13-19)34-14-16-4-2-3-5-21(16)26)12-20-23(30)28-25(32)29(24(20)31)18-9-7-17(27)8-10-18/h2-13H,14H2,1H3,(H,28,30,32)/b20-12+. The average molecular weight is 542 g/mol. The Morgan fingerprint density at radius 3 is 2.47 bits per heavy atom. The van der Waals surface area contributed by atoms with Gasteiger partial charge in [0.25, 0.3) is 11.8 Å². The van der Waals surface area contributed by atoms with Crippen LogP contribution in [-0.4, -0.2) is 25.0 Å². The lowest BCUT2D eigenvalue weighted by atomic mass is 10.1. The Kier molecular flexibility index (Phi) is 7.00. The summed E-state index contributed by atoms with van der Waals surface area (Å²) in [4.78, 5) is 39.0. The number of anilines is 1. The van der Waals surface area contributed by atoms with Crippen LogP contribution in [0.4, 0.5) is 10.5 Å². The molecular weight excluding hydrogens is 524 g/mol. The van der Waals surface area contributed by atoms with Gasteiger partial charge in [0.1, 0.15) is 23.7 Å². The molecule has 1 aliphatic heterocycles. The van der Waals surface area contributed by atoms with Gasteiger partial charge in [-0.1, -0.05) is 45.7 Å². The van der Waals surface area contributed by atoms with Crippen molar-refractivity contribution in [2.24, 2.45) is 0 Å². The van der Waals surface area contributed by atoms with Crippen LogP contribution in [0.15, 0.2) is 76.8 Å². The third kappa shape index (κ3) is 4.98. The van der Waals surface area contributed by atoms with Crippen molar-refractivity contribution in [1.82, 2.24) is 5.32 Å². The number of nitrogens with zero attached hydrogens (tertiary/aromatic N) is 1. The van der Waals surface area contributed by atoms with Crippen molar-refractivity contribution in [3.8, 4) is 11.5 Å². The maximum atomic E-state index is 13.2. The molecular formula is C25H18BrClN2O5. The van der Waals surface area contributed by atoms with Gasteiger partial charge in [0.15, 0.2) is 0 Å². The van der Waals surface area contributed by atoms with Crippen molar-refractivity contribution >= 4 is 57.1 Å². The van der Waals surface area contributed by atoms with Gasteiger partial charge in [-0.2, -0.15) is 0 Å². The number of carbonyl (C=O) groups excluding carboxylic acids is 3. The first kappa shape index (κ1) is 23.5. The summed E-state index contributed by atoms with van der Waals surface area (Å²) >= 11 is 9.40. The van der Waals surface area contributed by atoms with Gasteiger partial charge in [0, 0.05) is 26.7 Å². The second-order valence-corrected chi connectivity index (χ2v) is 8.51. The molecule has 7 nitrogen and oxygen atoms in total. The van der Waals surface area contributed by atoms with Gasteiger partial charge in [-0.15, -0.1) is 0 Å². The molecule has 0 unspecified atom stereocenters. The van der Waals surface area contributed by atoms with E-state index in [1.165, 1.54) is 25.3 Å². The van der Waals surface area contributed by atoms with Crippen LogP contribution in [0.1, 0.15) is 11.1 Å². The first-order valence-corrected chi connectivity index (χ1v) is 11.3. The molecule has 0 aromatic heterocycles. The molecule has 34 heavy (non-hydrogen) atoms. The first-order valence-electron chi connectivity index (χ1n) is 10.1. The van der Waals surface area contributed by atoms with E-state index in [0.29, 0.717) is 22.1 Å². The minimum Gasteiger partial charge on any atom is -0.497 e. The van der Waals surface area contributed by atoms with E-state index in [0.717, 1.165) is 14.9 Å². The molecule has 9 heteroatoms. The summed E-state index contributed by atoms with van der Waals surface area (Å²) < 4.78 is 12.2. The molecule has 0 aliphatic carbocycles. The lowest BCUT2D eigenvalue weighted by molar-refractivity contribution is -0.122. The maximum Gasteiger partial charge on any atom is 0.335 e. The summed E-state index contributed by atoms with van der Waals surface area (Å²) in [6.45, 7) is 0.236. The topological polar surface area (TPSA) is 84.9 Å². The third-order valence-corrected chi connectivity index (χ3v) is 6.07. The zero-order valence-electron chi connectivity index (χ0n) is 17.9. The van der Waals surface area contributed by atoms with E-state index in [4.69, 9.17) is 21.1 Å². The van der Waals surface area contributed by atoms with Crippen LogP contribution in [0.25, 0.3) is 6.08 Å². The number of amides is 4. The molecule has 172 valence electrons. The van der Waals surface area contributed by atoms with Gasteiger partial charge in [-0.05, 0) is 48.5 Å². The zero-order valence-corrected chi connectivity index (χ0v) is 20.2. The Bertz CT molecular complexity index is 1310. The van der Waals surface area contributed by atoms with Gasteiger partial charge in [0.05, 0.1) is 12.8 Å². The summed E-state index contributed by atoms with van der Waals surface area (Å²) in [7, 11) is 1.53. The number of rotatable bonds is 6. The van der Waals surface area contributed by atoms with E-state index in [1.54, 1.807) is 30.3 Å². The largest absolute Gasteiger partial charge is 0.497 e. The number of barbiturate groups is 1. The molecule has 1 N–H and O–H groups in total. The number of ether oxygens (including phenoxy) is 2. The van der Waals surface area contributed by atoms with E-state index in [2.05, 4.69) is 21.2 Å². The molecule has 4 amide bonds. The monoisotopic (exact) mass is 540 g/mol. The maximum absolute atomic E-state index is 13.2. The van der Waals surface area contributed by atoms with Crippen LogP contribution in [0.3, 0.4) is 0 Å². The van der Waals surface area contributed by atoms with Crippen molar-refractivity contribution in [3.63, 3.8) is 0 Å². The Morgan fingerprint density at radius 2 is 1.76 bits per heavy atom. The minimum atomic E-state index is -0.838. The summed E-state index contributed by atoms with van der Waals surface area (Å²) in [5, 5.41) is 2.65. The number of halogens is 2. The summed E-state index contributed by atoms with van der Waals surface area (Å²) in [5.74, 6) is -0.615. The van der Waals surface area contributed by atoms with E-state index in [-0.39, 0.29) is 17.9 Å². The summed E-state index contributed by atoms with van der Waals surface area (Å²) in [6, 6.07) is 17.9.